The first kappa shape index (κ1) is 12.3. The van der Waals surface area contributed by atoms with Gasteiger partial charge in [-0.15, -0.1) is 11.6 Å². The Labute approximate surface area is 108 Å². The Balaban J connectivity index is 2.36. The summed E-state index contributed by atoms with van der Waals surface area (Å²) in [6.07, 6.45) is 0. The van der Waals surface area contributed by atoms with Crippen LogP contribution in [-0.4, -0.2) is 0 Å². The maximum Gasteiger partial charge on any atom is 0.131 e. The Bertz CT molecular complexity index is 523. The largest absolute Gasteiger partial charge is 0.207 e. The molecule has 0 aliphatic carbocycles. The van der Waals surface area contributed by atoms with Gasteiger partial charge < -0.3 is 0 Å². The first-order chi connectivity index (χ1) is 8.08. The lowest BCUT2D eigenvalue weighted by atomic mass is 10.0. The molecule has 0 fully saturated rings. The second-order valence-electron chi connectivity index (χ2n) is 3.58. The van der Waals surface area contributed by atoms with Gasteiger partial charge in [0.1, 0.15) is 11.6 Å². The van der Waals surface area contributed by atoms with Gasteiger partial charge in [0, 0.05) is 16.7 Å². The lowest BCUT2D eigenvalue weighted by Crippen LogP contribution is -1.97. The maximum atomic E-state index is 13.5. The van der Waals surface area contributed by atoms with Gasteiger partial charge in [-0.2, -0.15) is 0 Å². The van der Waals surface area contributed by atoms with E-state index in [2.05, 4.69) is 0 Å². The fraction of sp³-hybridized carbons (Fsp3) is 0.0769. The quantitative estimate of drug-likeness (QED) is 0.679. The molecule has 1 atom stereocenters. The van der Waals surface area contributed by atoms with E-state index in [0.717, 1.165) is 6.07 Å². The van der Waals surface area contributed by atoms with Crippen LogP contribution in [-0.2, 0) is 0 Å². The van der Waals surface area contributed by atoms with Crippen LogP contribution >= 0.6 is 23.2 Å². The summed E-state index contributed by atoms with van der Waals surface area (Å²) in [6, 6.07) is 10.1. The lowest BCUT2D eigenvalue weighted by molar-refractivity contribution is 0.573. The minimum Gasteiger partial charge on any atom is -0.207 e. The summed E-state index contributed by atoms with van der Waals surface area (Å²) in [7, 11) is 0. The average Bonchev–Trinajstić information content (AvgIpc) is 2.29. The summed E-state index contributed by atoms with van der Waals surface area (Å²) in [6.45, 7) is 0. The summed E-state index contributed by atoms with van der Waals surface area (Å²) < 4.78 is 26.3. The number of hydrogen-bond donors (Lipinski definition) is 0. The Morgan fingerprint density at radius 1 is 0.941 bits per heavy atom. The molecule has 2 rings (SSSR count). The van der Waals surface area contributed by atoms with Gasteiger partial charge >= 0.3 is 0 Å². The van der Waals surface area contributed by atoms with Crippen molar-refractivity contribution < 1.29 is 8.78 Å². The Morgan fingerprint density at radius 3 is 2.18 bits per heavy atom. The third kappa shape index (κ3) is 2.76. The number of halogens is 4. The van der Waals surface area contributed by atoms with Crippen LogP contribution in [0.4, 0.5) is 8.78 Å². The van der Waals surface area contributed by atoms with Crippen molar-refractivity contribution in [3.63, 3.8) is 0 Å². The lowest BCUT2D eigenvalue weighted by Gasteiger charge is -2.11. The van der Waals surface area contributed by atoms with Crippen LogP contribution in [0.3, 0.4) is 0 Å². The molecule has 0 radical (unpaired) electrons. The van der Waals surface area contributed by atoms with Gasteiger partial charge in [0.05, 0.1) is 5.38 Å². The minimum atomic E-state index is -0.659. The van der Waals surface area contributed by atoms with Crippen LogP contribution in [0.25, 0.3) is 0 Å². The summed E-state index contributed by atoms with van der Waals surface area (Å²) in [5, 5.41) is -0.0786. The molecule has 0 saturated carbocycles. The Hall–Kier alpha value is -1.12. The Morgan fingerprint density at radius 2 is 1.59 bits per heavy atom. The van der Waals surface area contributed by atoms with Gasteiger partial charge in [0.15, 0.2) is 0 Å². The molecule has 2 aromatic rings. The van der Waals surface area contributed by atoms with E-state index in [1.165, 1.54) is 12.1 Å². The van der Waals surface area contributed by atoms with E-state index < -0.39 is 17.0 Å². The zero-order valence-corrected chi connectivity index (χ0v) is 10.1. The van der Waals surface area contributed by atoms with Crippen LogP contribution < -0.4 is 0 Å². The van der Waals surface area contributed by atoms with Gasteiger partial charge in [-0.25, -0.2) is 8.78 Å². The van der Waals surface area contributed by atoms with E-state index in [9.17, 15) is 8.78 Å². The van der Waals surface area contributed by atoms with E-state index in [1.54, 1.807) is 24.3 Å². The van der Waals surface area contributed by atoms with E-state index in [1.807, 2.05) is 0 Å². The SMILES string of the molecule is Fc1ccc(C(Cl)c2ccc(Cl)cc2)c(F)c1. The molecule has 17 heavy (non-hydrogen) atoms. The Kier molecular flexibility index (Phi) is 3.65. The highest BCUT2D eigenvalue weighted by atomic mass is 35.5. The minimum absolute atomic E-state index is 0.246. The first-order valence-electron chi connectivity index (χ1n) is 4.92. The second kappa shape index (κ2) is 5.03. The molecule has 0 nitrogen and oxygen atoms in total. The molecule has 0 aliphatic heterocycles. The third-order valence-electron chi connectivity index (χ3n) is 2.40. The smallest absolute Gasteiger partial charge is 0.131 e. The van der Waals surface area contributed by atoms with Crippen molar-refractivity contribution in [3.8, 4) is 0 Å². The molecule has 0 aliphatic rings. The third-order valence-corrected chi connectivity index (χ3v) is 3.14. The molecule has 0 N–H and O–H groups in total. The monoisotopic (exact) mass is 272 g/mol. The standard InChI is InChI=1S/C13H8Cl2F2/c14-9-3-1-8(2-4-9)13(15)11-6-5-10(16)7-12(11)17/h1-7,13H. The molecule has 0 spiro atoms. The number of alkyl halides is 1. The van der Waals surface area contributed by atoms with E-state index >= 15 is 0 Å². The molecular formula is C13H8Cl2F2. The second-order valence-corrected chi connectivity index (χ2v) is 4.45. The predicted octanol–water partition coefficient (Wildman–Crippen LogP) is 4.95. The van der Waals surface area contributed by atoms with Gasteiger partial charge in [-0.1, -0.05) is 29.8 Å². The van der Waals surface area contributed by atoms with Crippen LogP contribution in [0.1, 0.15) is 16.5 Å². The molecule has 2 aromatic carbocycles. The van der Waals surface area contributed by atoms with Gasteiger partial charge in [0.2, 0.25) is 0 Å². The van der Waals surface area contributed by atoms with Crippen molar-refractivity contribution in [2.75, 3.05) is 0 Å². The van der Waals surface area contributed by atoms with Crippen molar-refractivity contribution >= 4 is 23.2 Å². The maximum absolute atomic E-state index is 13.5. The van der Waals surface area contributed by atoms with Crippen LogP contribution in [0, 0.1) is 11.6 Å². The molecule has 1 unspecified atom stereocenters. The summed E-state index contributed by atoms with van der Waals surface area (Å²) in [5.41, 5.74) is 0.956. The van der Waals surface area contributed by atoms with E-state index in [0.29, 0.717) is 10.6 Å². The van der Waals surface area contributed by atoms with E-state index in [4.69, 9.17) is 23.2 Å². The van der Waals surface area contributed by atoms with Crippen molar-refractivity contribution in [1.82, 2.24) is 0 Å². The topological polar surface area (TPSA) is 0 Å². The normalized spacial score (nSPS) is 12.5. The average molecular weight is 273 g/mol. The fourth-order valence-electron chi connectivity index (χ4n) is 1.52. The molecule has 0 bridgehead atoms. The molecule has 0 aromatic heterocycles. The van der Waals surface area contributed by atoms with Gasteiger partial charge in [-0.05, 0) is 23.8 Å². The van der Waals surface area contributed by atoms with Crippen molar-refractivity contribution in [1.29, 1.82) is 0 Å². The summed E-state index contributed by atoms with van der Waals surface area (Å²) in [4.78, 5) is 0. The van der Waals surface area contributed by atoms with E-state index in [-0.39, 0.29) is 5.56 Å². The fourth-order valence-corrected chi connectivity index (χ4v) is 1.97. The van der Waals surface area contributed by atoms with Crippen LogP contribution in [0.5, 0.6) is 0 Å². The molecule has 0 heterocycles. The molecule has 4 heteroatoms. The highest BCUT2D eigenvalue weighted by Gasteiger charge is 2.15. The first-order valence-corrected chi connectivity index (χ1v) is 5.74. The zero-order chi connectivity index (χ0) is 12.4. The predicted molar refractivity (Wildman–Crippen MR) is 65.5 cm³/mol. The van der Waals surface area contributed by atoms with Gasteiger partial charge in [-0.3, -0.25) is 0 Å². The highest BCUT2D eigenvalue weighted by Crippen LogP contribution is 2.31. The molecular weight excluding hydrogens is 265 g/mol. The van der Waals surface area contributed by atoms with Crippen molar-refractivity contribution in [2.45, 2.75) is 5.38 Å². The van der Waals surface area contributed by atoms with Gasteiger partial charge in [0.25, 0.3) is 0 Å². The number of benzene rings is 2. The highest BCUT2D eigenvalue weighted by molar-refractivity contribution is 6.30. The van der Waals surface area contributed by atoms with Crippen molar-refractivity contribution in [2.24, 2.45) is 0 Å². The zero-order valence-electron chi connectivity index (χ0n) is 8.63. The molecule has 0 amide bonds. The van der Waals surface area contributed by atoms with Crippen LogP contribution in [0.15, 0.2) is 42.5 Å². The molecule has 0 saturated heterocycles. The number of hydrogen-bond acceptors (Lipinski definition) is 0. The number of rotatable bonds is 2. The summed E-state index contributed by atoms with van der Waals surface area (Å²) >= 11 is 11.9. The summed E-state index contributed by atoms with van der Waals surface area (Å²) in [5.74, 6) is -1.27. The van der Waals surface area contributed by atoms with Crippen molar-refractivity contribution in [3.05, 3.63) is 70.2 Å². The molecule has 88 valence electrons. The van der Waals surface area contributed by atoms with Crippen LogP contribution in [0.2, 0.25) is 5.02 Å².